The second-order valence-corrected chi connectivity index (χ2v) is 6.99. The Bertz CT molecular complexity index is 1350. The van der Waals surface area contributed by atoms with Crippen molar-refractivity contribution in [1.29, 1.82) is 0 Å². The third-order valence-electron chi connectivity index (χ3n) is 5.18. The van der Waals surface area contributed by atoms with Gasteiger partial charge in [-0.3, -0.25) is 4.79 Å². The predicted octanol–water partition coefficient (Wildman–Crippen LogP) is 4.83. The molecule has 2 aliphatic rings. The molecule has 0 aromatic heterocycles. The molecule has 9 heteroatoms. The number of ether oxygens (including phenoxy) is 3. The van der Waals surface area contributed by atoms with Crippen LogP contribution in [0.1, 0.15) is 34.0 Å². The van der Waals surface area contributed by atoms with Gasteiger partial charge in [-0.2, -0.15) is 0 Å². The molecular formula is C22H13N3O6. The molecule has 31 heavy (non-hydrogen) atoms. The average molecular weight is 415 g/mol. The molecule has 5 rings (SSSR count). The number of phenols is 1. The molecule has 152 valence electrons. The molecule has 1 atom stereocenters. The number of phenolic OH excluding ortho intramolecular Hbond substituents is 1. The molecule has 2 heterocycles. The number of rotatable bonds is 2. The Morgan fingerprint density at radius 3 is 2.58 bits per heavy atom. The highest BCUT2D eigenvalue weighted by Crippen LogP contribution is 2.58. The van der Waals surface area contributed by atoms with Crippen molar-refractivity contribution in [2.24, 2.45) is 5.11 Å². The Balaban J connectivity index is 1.84. The van der Waals surface area contributed by atoms with E-state index in [0.717, 1.165) is 0 Å². The number of hydrogen-bond acceptors (Lipinski definition) is 7. The molecule has 1 unspecified atom stereocenters. The van der Waals surface area contributed by atoms with Crippen molar-refractivity contribution >= 4 is 17.6 Å². The van der Waals surface area contributed by atoms with E-state index in [4.69, 9.17) is 19.7 Å². The van der Waals surface area contributed by atoms with E-state index in [1.54, 1.807) is 30.3 Å². The van der Waals surface area contributed by atoms with Gasteiger partial charge >= 0.3 is 11.9 Å². The summed E-state index contributed by atoms with van der Waals surface area (Å²) in [5.41, 5.74) is 9.25. The van der Waals surface area contributed by atoms with Gasteiger partial charge in [0.25, 0.3) is 0 Å². The van der Waals surface area contributed by atoms with Crippen molar-refractivity contribution in [1.82, 2.24) is 0 Å². The number of carbonyl (C=O) groups is 2. The standard InChI is InChI=1S/C22H13N3O6/c1-11(26)29-13-6-8-15-19(10-13)30-18-9-12(27)5-7-14(18)22(15)16-3-2-4-17(24-25-23)20(16)21(28)31-22/h2-10,27H,1H3. The van der Waals surface area contributed by atoms with Crippen LogP contribution in [-0.2, 0) is 15.1 Å². The van der Waals surface area contributed by atoms with E-state index in [1.807, 2.05) is 0 Å². The van der Waals surface area contributed by atoms with E-state index in [2.05, 4.69) is 10.0 Å². The van der Waals surface area contributed by atoms with Crippen LogP contribution in [0.3, 0.4) is 0 Å². The summed E-state index contributed by atoms with van der Waals surface area (Å²) in [7, 11) is 0. The summed E-state index contributed by atoms with van der Waals surface area (Å²) in [5, 5.41) is 13.6. The molecule has 9 nitrogen and oxygen atoms in total. The largest absolute Gasteiger partial charge is 0.508 e. The Labute approximate surface area is 175 Å². The van der Waals surface area contributed by atoms with Crippen LogP contribution in [0.2, 0.25) is 0 Å². The quantitative estimate of drug-likeness (QED) is 0.210. The first-order chi connectivity index (χ1) is 14.9. The third kappa shape index (κ3) is 2.61. The number of carbonyl (C=O) groups excluding carboxylic acids is 2. The van der Waals surface area contributed by atoms with Gasteiger partial charge in [0.15, 0.2) is 5.60 Å². The van der Waals surface area contributed by atoms with Crippen LogP contribution >= 0.6 is 0 Å². The molecule has 3 aromatic rings. The zero-order valence-corrected chi connectivity index (χ0v) is 16.0. The van der Waals surface area contributed by atoms with Gasteiger partial charge in [0.1, 0.15) is 23.0 Å². The van der Waals surface area contributed by atoms with Gasteiger partial charge in [-0.15, -0.1) is 0 Å². The smallest absolute Gasteiger partial charge is 0.340 e. The van der Waals surface area contributed by atoms with Crippen LogP contribution in [0.15, 0.2) is 59.7 Å². The lowest BCUT2D eigenvalue weighted by atomic mass is 9.77. The Morgan fingerprint density at radius 1 is 1.10 bits per heavy atom. The third-order valence-corrected chi connectivity index (χ3v) is 5.18. The van der Waals surface area contributed by atoms with Gasteiger partial charge in [0, 0.05) is 40.7 Å². The molecule has 0 fully saturated rings. The SMILES string of the molecule is CC(=O)Oc1ccc2c(c1)Oc1cc(O)ccc1C21OC(=O)c2c(N=[N+]=[N-])cccc21. The number of aromatic hydroxyl groups is 1. The van der Waals surface area contributed by atoms with Gasteiger partial charge in [0.05, 0.1) is 11.3 Å². The molecule has 2 aliphatic heterocycles. The number of esters is 2. The Hall–Kier alpha value is -4.49. The summed E-state index contributed by atoms with van der Waals surface area (Å²) in [6.45, 7) is 1.28. The summed E-state index contributed by atoms with van der Waals surface area (Å²) in [6.07, 6.45) is 0. The highest BCUT2D eigenvalue weighted by molar-refractivity contribution is 6.01. The monoisotopic (exact) mass is 415 g/mol. The lowest BCUT2D eigenvalue weighted by Gasteiger charge is -2.36. The number of benzene rings is 3. The van der Waals surface area contributed by atoms with E-state index >= 15 is 0 Å². The van der Waals surface area contributed by atoms with E-state index in [9.17, 15) is 14.7 Å². The molecule has 0 aliphatic carbocycles. The first-order valence-corrected chi connectivity index (χ1v) is 9.20. The molecule has 1 N–H and O–H groups in total. The van der Waals surface area contributed by atoms with E-state index in [-0.39, 0.29) is 34.2 Å². The minimum absolute atomic E-state index is 0.0409. The number of azide groups is 1. The van der Waals surface area contributed by atoms with Crippen LogP contribution < -0.4 is 9.47 Å². The first kappa shape index (κ1) is 18.5. The van der Waals surface area contributed by atoms with E-state index < -0.39 is 17.5 Å². The predicted molar refractivity (Wildman–Crippen MR) is 106 cm³/mol. The van der Waals surface area contributed by atoms with Crippen molar-refractivity contribution in [2.75, 3.05) is 0 Å². The van der Waals surface area contributed by atoms with Gasteiger partial charge in [-0.1, -0.05) is 23.3 Å². The fraction of sp³-hybridized carbons (Fsp3) is 0.0909. The Morgan fingerprint density at radius 2 is 1.84 bits per heavy atom. The molecule has 1 spiro atoms. The minimum atomic E-state index is -1.40. The molecule has 3 aromatic carbocycles. The topological polar surface area (TPSA) is 131 Å². The van der Waals surface area contributed by atoms with Crippen LogP contribution in [-0.4, -0.2) is 17.0 Å². The summed E-state index contributed by atoms with van der Waals surface area (Å²) in [6, 6.07) is 14.1. The van der Waals surface area contributed by atoms with E-state index in [0.29, 0.717) is 16.7 Å². The molecule has 0 bridgehead atoms. The summed E-state index contributed by atoms with van der Waals surface area (Å²) in [5.74, 6) is -0.402. The second kappa shape index (κ2) is 6.51. The van der Waals surface area contributed by atoms with Gasteiger partial charge in [-0.05, 0) is 29.8 Å². The highest BCUT2D eigenvalue weighted by atomic mass is 16.6. The molecule has 0 amide bonds. The normalized spacial score (nSPS) is 17.5. The molecule has 0 radical (unpaired) electrons. The molecular weight excluding hydrogens is 402 g/mol. The van der Waals surface area contributed by atoms with Crippen LogP contribution in [0.5, 0.6) is 23.0 Å². The fourth-order valence-corrected chi connectivity index (χ4v) is 4.08. The van der Waals surface area contributed by atoms with Gasteiger partial charge in [0.2, 0.25) is 0 Å². The zero-order chi connectivity index (χ0) is 21.8. The van der Waals surface area contributed by atoms with Crippen LogP contribution in [0, 0.1) is 0 Å². The molecule has 0 saturated carbocycles. The van der Waals surface area contributed by atoms with Gasteiger partial charge in [-0.25, -0.2) is 4.79 Å². The number of fused-ring (bicyclic) bond motifs is 6. The highest BCUT2D eigenvalue weighted by Gasteiger charge is 2.54. The zero-order valence-electron chi connectivity index (χ0n) is 16.0. The lowest BCUT2D eigenvalue weighted by Crippen LogP contribution is -2.33. The van der Waals surface area contributed by atoms with Crippen LogP contribution in [0.25, 0.3) is 10.4 Å². The maximum absolute atomic E-state index is 13.0. The average Bonchev–Trinajstić information content (AvgIpc) is 3.01. The van der Waals surface area contributed by atoms with Gasteiger partial charge < -0.3 is 19.3 Å². The van der Waals surface area contributed by atoms with Crippen molar-refractivity contribution in [3.63, 3.8) is 0 Å². The maximum atomic E-state index is 13.0. The summed E-state index contributed by atoms with van der Waals surface area (Å²) >= 11 is 0. The minimum Gasteiger partial charge on any atom is -0.508 e. The fourth-order valence-electron chi connectivity index (χ4n) is 4.08. The van der Waals surface area contributed by atoms with Crippen molar-refractivity contribution in [3.8, 4) is 23.0 Å². The molecule has 0 saturated heterocycles. The van der Waals surface area contributed by atoms with E-state index in [1.165, 1.54) is 31.2 Å². The first-order valence-electron chi connectivity index (χ1n) is 9.20. The second-order valence-electron chi connectivity index (χ2n) is 6.99. The Kier molecular flexibility index (Phi) is 3.89. The van der Waals surface area contributed by atoms with Crippen LogP contribution in [0.4, 0.5) is 5.69 Å². The van der Waals surface area contributed by atoms with Crippen molar-refractivity contribution < 1.29 is 28.9 Å². The number of nitrogens with zero attached hydrogens (tertiary/aromatic N) is 3. The maximum Gasteiger partial charge on any atom is 0.340 e. The lowest BCUT2D eigenvalue weighted by molar-refractivity contribution is -0.131. The summed E-state index contributed by atoms with van der Waals surface area (Å²) < 4.78 is 17.1. The number of hydrogen-bond donors (Lipinski definition) is 1. The van der Waals surface area contributed by atoms with Crippen molar-refractivity contribution in [3.05, 3.63) is 87.3 Å². The van der Waals surface area contributed by atoms with Crippen molar-refractivity contribution in [2.45, 2.75) is 12.5 Å². The summed E-state index contributed by atoms with van der Waals surface area (Å²) in [4.78, 5) is 27.1.